The average Bonchev–Trinajstić information content (AvgIpc) is 2.85. The zero-order valence-corrected chi connectivity index (χ0v) is 11.6. The van der Waals surface area contributed by atoms with Crippen LogP contribution in [0.3, 0.4) is 0 Å². The van der Waals surface area contributed by atoms with E-state index in [4.69, 9.17) is 5.84 Å². The second kappa shape index (κ2) is 6.49. The van der Waals surface area contributed by atoms with Crippen molar-refractivity contribution < 1.29 is 9.59 Å². The van der Waals surface area contributed by atoms with Crippen molar-refractivity contribution in [2.75, 3.05) is 13.1 Å². The van der Waals surface area contributed by atoms with Gasteiger partial charge in [-0.05, 0) is 18.1 Å². The Morgan fingerprint density at radius 3 is 2.85 bits per heavy atom. The summed E-state index contributed by atoms with van der Waals surface area (Å²) in [7, 11) is 0. The topological polar surface area (TPSA) is 87.5 Å². The van der Waals surface area contributed by atoms with E-state index in [2.05, 4.69) is 15.6 Å². The highest BCUT2D eigenvalue weighted by atomic mass is 16.2. The van der Waals surface area contributed by atoms with E-state index in [9.17, 15) is 9.59 Å². The smallest absolute Gasteiger partial charge is 0.265 e. The number of nitrogens with two attached hydrogens (primary N) is 1. The molecule has 0 spiro atoms. The maximum absolute atomic E-state index is 11.7. The number of carbonyl (C=O) groups is 2. The van der Waals surface area contributed by atoms with Gasteiger partial charge in [0.05, 0.1) is 0 Å². The quantitative estimate of drug-likeness (QED) is 0.410. The van der Waals surface area contributed by atoms with E-state index in [1.54, 1.807) is 6.07 Å². The van der Waals surface area contributed by atoms with Crippen molar-refractivity contribution in [2.24, 2.45) is 5.84 Å². The molecule has 1 fully saturated rings. The molecule has 0 saturated carbocycles. The molecular formula is C14H20N4O2. The van der Waals surface area contributed by atoms with Crippen molar-refractivity contribution >= 4 is 11.8 Å². The molecule has 0 aliphatic carbocycles. The van der Waals surface area contributed by atoms with Crippen LogP contribution in [-0.4, -0.2) is 35.8 Å². The van der Waals surface area contributed by atoms with Crippen LogP contribution in [-0.2, 0) is 11.3 Å². The lowest BCUT2D eigenvalue weighted by Crippen LogP contribution is -2.35. The molecule has 6 heteroatoms. The molecule has 4 N–H and O–H groups in total. The van der Waals surface area contributed by atoms with Crippen LogP contribution in [0.15, 0.2) is 24.3 Å². The second-order valence-corrected chi connectivity index (χ2v) is 5.05. The van der Waals surface area contributed by atoms with E-state index in [0.717, 1.165) is 25.1 Å². The molecule has 1 aromatic carbocycles. The lowest BCUT2D eigenvalue weighted by molar-refractivity contribution is -0.119. The summed E-state index contributed by atoms with van der Waals surface area (Å²) < 4.78 is 0. The number of hydrazine groups is 1. The van der Waals surface area contributed by atoms with Gasteiger partial charge in [-0.1, -0.05) is 18.2 Å². The number of nitrogens with one attached hydrogen (secondary N) is 2. The minimum absolute atomic E-state index is 0.000223. The molecule has 20 heavy (non-hydrogen) atoms. The molecule has 2 amide bonds. The van der Waals surface area contributed by atoms with Gasteiger partial charge in [0.15, 0.2) is 0 Å². The Morgan fingerprint density at radius 2 is 2.15 bits per heavy atom. The first-order chi connectivity index (χ1) is 9.60. The summed E-state index contributed by atoms with van der Waals surface area (Å²) in [5.74, 6) is 4.92. The van der Waals surface area contributed by atoms with E-state index < -0.39 is 0 Å². The highest BCUT2D eigenvalue weighted by molar-refractivity contribution is 5.95. The number of rotatable bonds is 4. The molecule has 1 atom stereocenters. The van der Waals surface area contributed by atoms with Crippen molar-refractivity contribution in [3.63, 3.8) is 0 Å². The number of amides is 2. The number of benzene rings is 1. The van der Waals surface area contributed by atoms with Crippen molar-refractivity contribution in [1.82, 2.24) is 15.6 Å². The van der Waals surface area contributed by atoms with Crippen LogP contribution in [0.1, 0.15) is 29.3 Å². The van der Waals surface area contributed by atoms with Crippen molar-refractivity contribution in [3.05, 3.63) is 35.4 Å². The first-order valence-corrected chi connectivity index (χ1v) is 6.68. The fourth-order valence-corrected chi connectivity index (χ4v) is 2.58. The summed E-state index contributed by atoms with van der Waals surface area (Å²) in [5, 5.41) is 2.93. The van der Waals surface area contributed by atoms with Gasteiger partial charge < -0.3 is 5.32 Å². The van der Waals surface area contributed by atoms with E-state index in [0.29, 0.717) is 12.1 Å². The van der Waals surface area contributed by atoms with Crippen molar-refractivity contribution in [1.29, 1.82) is 0 Å². The van der Waals surface area contributed by atoms with Gasteiger partial charge in [0, 0.05) is 38.2 Å². The molecule has 1 aliphatic heterocycles. The summed E-state index contributed by atoms with van der Waals surface area (Å²) in [6, 6.07) is 7.61. The molecule has 0 aromatic heterocycles. The summed E-state index contributed by atoms with van der Waals surface area (Å²) in [4.78, 5) is 25.0. The second-order valence-electron chi connectivity index (χ2n) is 5.05. The molecule has 0 radical (unpaired) electrons. The number of nitrogen functional groups attached to an aromatic ring is 1. The Hall–Kier alpha value is -1.92. The molecule has 1 aliphatic rings. The van der Waals surface area contributed by atoms with Gasteiger partial charge in [-0.2, -0.15) is 0 Å². The van der Waals surface area contributed by atoms with E-state index in [-0.39, 0.29) is 17.9 Å². The van der Waals surface area contributed by atoms with Crippen LogP contribution < -0.4 is 16.6 Å². The number of hydrogen-bond donors (Lipinski definition) is 3. The Labute approximate surface area is 118 Å². The molecule has 1 aromatic rings. The lowest BCUT2D eigenvalue weighted by Gasteiger charge is -2.18. The Balaban J connectivity index is 2.01. The van der Waals surface area contributed by atoms with Crippen LogP contribution in [0.2, 0.25) is 0 Å². The monoisotopic (exact) mass is 276 g/mol. The minimum atomic E-state index is -0.279. The summed E-state index contributed by atoms with van der Waals surface area (Å²) >= 11 is 0. The third-order valence-corrected chi connectivity index (χ3v) is 3.47. The van der Waals surface area contributed by atoms with Gasteiger partial charge in [-0.3, -0.25) is 19.9 Å². The van der Waals surface area contributed by atoms with E-state index in [1.165, 1.54) is 6.92 Å². The summed E-state index contributed by atoms with van der Waals surface area (Å²) in [5.41, 5.74) is 3.71. The number of carbonyl (C=O) groups excluding carboxylic acids is 2. The zero-order chi connectivity index (χ0) is 14.5. The number of hydrogen-bond acceptors (Lipinski definition) is 4. The van der Waals surface area contributed by atoms with E-state index in [1.807, 2.05) is 18.2 Å². The fourth-order valence-electron chi connectivity index (χ4n) is 2.58. The molecule has 1 heterocycles. The number of nitrogens with zero attached hydrogens (tertiary/aromatic N) is 1. The highest BCUT2D eigenvalue weighted by Crippen LogP contribution is 2.16. The van der Waals surface area contributed by atoms with Gasteiger partial charge >= 0.3 is 0 Å². The van der Waals surface area contributed by atoms with Gasteiger partial charge in [0.2, 0.25) is 5.91 Å². The molecule has 0 bridgehead atoms. The van der Waals surface area contributed by atoms with Crippen LogP contribution in [0.5, 0.6) is 0 Å². The predicted molar refractivity (Wildman–Crippen MR) is 75.6 cm³/mol. The summed E-state index contributed by atoms with van der Waals surface area (Å²) in [6.45, 7) is 3.92. The maximum atomic E-state index is 11.7. The van der Waals surface area contributed by atoms with Crippen LogP contribution in [0.25, 0.3) is 0 Å². The van der Waals surface area contributed by atoms with Gasteiger partial charge in [0.1, 0.15) is 0 Å². The van der Waals surface area contributed by atoms with Gasteiger partial charge in [0.25, 0.3) is 5.91 Å². The largest absolute Gasteiger partial charge is 0.352 e. The molecule has 1 unspecified atom stereocenters. The minimum Gasteiger partial charge on any atom is -0.352 e. The van der Waals surface area contributed by atoms with Crippen LogP contribution in [0, 0.1) is 0 Å². The zero-order valence-electron chi connectivity index (χ0n) is 11.6. The molecule has 2 rings (SSSR count). The van der Waals surface area contributed by atoms with Crippen molar-refractivity contribution in [2.45, 2.75) is 25.9 Å². The SMILES string of the molecule is CC(=O)NC1CCN(Cc2ccccc2C(=O)NN)C1. The van der Waals surface area contributed by atoms with Gasteiger partial charge in [-0.25, -0.2) is 5.84 Å². The molecule has 1 saturated heterocycles. The Morgan fingerprint density at radius 1 is 1.40 bits per heavy atom. The van der Waals surface area contributed by atoms with Gasteiger partial charge in [-0.15, -0.1) is 0 Å². The molecular weight excluding hydrogens is 256 g/mol. The predicted octanol–water partition coefficient (Wildman–Crippen LogP) is 0.000500. The normalized spacial score (nSPS) is 18.8. The third-order valence-electron chi connectivity index (χ3n) is 3.47. The summed E-state index contributed by atoms with van der Waals surface area (Å²) in [6.07, 6.45) is 0.935. The Bertz CT molecular complexity index is 504. The first kappa shape index (κ1) is 14.5. The molecule has 6 nitrogen and oxygen atoms in total. The fraction of sp³-hybridized carbons (Fsp3) is 0.429. The van der Waals surface area contributed by atoms with Crippen LogP contribution in [0.4, 0.5) is 0 Å². The molecule has 108 valence electrons. The maximum Gasteiger partial charge on any atom is 0.265 e. The standard InChI is InChI=1S/C14H20N4O2/c1-10(19)16-12-6-7-18(9-12)8-11-4-2-3-5-13(11)14(20)17-15/h2-5,12H,6-9,15H2,1H3,(H,16,19)(H,17,20). The first-order valence-electron chi connectivity index (χ1n) is 6.68. The lowest BCUT2D eigenvalue weighted by atomic mass is 10.1. The third kappa shape index (κ3) is 3.55. The van der Waals surface area contributed by atoms with Crippen LogP contribution >= 0.6 is 0 Å². The Kier molecular flexibility index (Phi) is 4.70. The van der Waals surface area contributed by atoms with Crippen molar-refractivity contribution in [3.8, 4) is 0 Å². The van der Waals surface area contributed by atoms with E-state index >= 15 is 0 Å². The average molecular weight is 276 g/mol. The number of likely N-dealkylation sites (tertiary alicyclic amines) is 1. The highest BCUT2D eigenvalue weighted by Gasteiger charge is 2.24.